The molecular weight excluding hydrogens is 239 g/mol. The normalized spacial score (nSPS) is 9.57. The van der Waals surface area contributed by atoms with E-state index >= 15 is 0 Å². The van der Waals surface area contributed by atoms with Crippen molar-refractivity contribution in [1.29, 1.82) is 0 Å². The maximum absolute atomic E-state index is 10.2. The smallest absolute Gasteiger partial charge is 0.161 e. The van der Waals surface area contributed by atoms with Gasteiger partial charge in [-0.05, 0) is 0 Å². The van der Waals surface area contributed by atoms with Crippen LogP contribution in [0.15, 0.2) is 0 Å². The second kappa shape index (κ2) is 6.44. The molecule has 0 radical (unpaired) electrons. The Morgan fingerprint density at radius 3 is 1.36 bits per heavy atom. The van der Waals surface area contributed by atoms with Crippen molar-refractivity contribution in [1.82, 2.24) is 10.0 Å². The summed E-state index contributed by atoms with van der Waals surface area (Å²) in [6, 6.07) is -0.665. The van der Waals surface area contributed by atoms with Gasteiger partial charge in [-0.3, -0.25) is 0 Å². The first-order chi connectivity index (χ1) is 6.52. The van der Waals surface area contributed by atoms with Crippen LogP contribution >= 0.6 is 23.2 Å². The highest BCUT2D eigenvalue weighted by Gasteiger charge is 2.18. The molecule has 0 aromatic carbocycles. The Hall–Kier alpha value is -1.02. The van der Waals surface area contributed by atoms with Gasteiger partial charge in [-0.2, -0.15) is 0 Å². The lowest BCUT2D eigenvalue weighted by Crippen LogP contribution is -2.39. The van der Waals surface area contributed by atoms with Crippen molar-refractivity contribution in [2.24, 2.45) is 0 Å². The van der Waals surface area contributed by atoms with Crippen LogP contribution in [-0.4, -0.2) is 45.2 Å². The number of hydrogen-bond donors (Lipinski definition) is 0. The van der Waals surface area contributed by atoms with Crippen LogP contribution in [-0.2, 0) is 0 Å². The van der Waals surface area contributed by atoms with Crippen LogP contribution in [0.1, 0.15) is 0 Å². The Labute approximate surface area is 89.2 Å². The molecule has 0 bridgehead atoms. The molecule has 0 aliphatic carbocycles. The number of nitrogens with zero attached hydrogens (tertiary/aromatic N) is 4. The lowest BCUT2D eigenvalue weighted by molar-refractivity contribution is -0.669. The van der Waals surface area contributed by atoms with Gasteiger partial charge in [0.05, 0.1) is 0 Å². The molecule has 0 amide bonds. The molecule has 0 aliphatic heterocycles. The van der Waals surface area contributed by atoms with Gasteiger partial charge in [0, 0.05) is 0 Å². The number of rotatable bonds is 7. The van der Waals surface area contributed by atoms with E-state index in [1.165, 1.54) is 0 Å². The van der Waals surface area contributed by atoms with Crippen LogP contribution in [0.25, 0.3) is 0 Å². The Morgan fingerprint density at radius 1 is 0.929 bits per heavy atom. The Balaban J connectivity index is 4.00. The lowest BCUT2D eigenvalue weighted by atomic mass is 10.6. The monoisotopic (exact) mass is 246 g/mol. The quantitative estimate of drug-likeness (QED) is 0.279. The summed E-state index contributed by atoms with van der Waals surface area (Å²) in [7, 11) is 0. The molecule has 0 N–H and O–H groups in total. The summed E-state index contributed by atoms with van der Waals surface area (Å²) in [5, 5.41) is 20.3. The fraction of sp³-hybridized carbons (Fsp3) is 1.00. The number of nitro groups is 2. The predicted octanol–water partition coefficient (Wildman–Crippen LogP) is 0.366. The minimum absolute atomic E-state index is 0.162. The van der Waals surface area contributed by atoms with E-state index in [0.717, 1.165) is 0 Å². The van der Waals surface area contributed by atoms with Gasteiger partial charge in [0.1, 0.15) is 13.1 Å². The van der Waals surface area contributed by atoms with E-state index in [9.17, 15) is 20.2 Å². The number of halogens is 2. The summed E-state index contributed by atoms with van der Waals surface area (Å²) in [5.41, 5.74) is 0. The van der Waals surface area contributed by atoms with Gasteiger partial charge in [-0.1, -0.05) is 23.2 Å². The molecule has 0 fully saturated rings. The van der Waals surface area contributed by atoms with Crippen molar-refractivity contribution in [2.75, 3.05) is 25.1 Å². The van der Waals surface area contributed by atoms with E-state index in [2.05, 4.69) is 0 Å². The summed E-state index contributed by atoms with van der Waals surface area (Å²) in [4.78, 5) is 20.5. The van der Waals surface area contributed by atoms with E-state index in [1.807, 2.05) is 0 Å². The third-order valence-corrected chi connectivity index (χ3v) is 1.91. The summed E-state index contributed by atoms with van der Waals surface area (Å²) < 4.78 is 0. The highest BCUT2D eigenvalue weighted by molar-refractivity contribution is 6.17. The average Bonchev–Trinajstić information content (AvgIpc) is 2.11. The summed E-state index contributed by atoms with van der Waals surface area (Å²) in [6.07, 6.45) is 0. The van der Waals surface area contributed by atoms with Crippen molar-refractivity contribution in [3.05, 3.63) is 20.2 Å². The molecule has 0 spiro atoms. The SMILES string of the molecule is O=[N+]([O-])N(CCl)CCN(CCl)[N+](=O)[O-]. The van der Waals surface area contributed by atoms with Gasteiger partial charge in [-0.25, -0.2) is 20.2 Å². The molecule has 14 heavy (non-hydrogen) atoms. The Morgan fingerprint density at radius 2 is 1.21 bits per heavy atom. The van der Waals surface area contributed by atoms with Crippen molar-refractivity contribution in [3.8, 4) is 0 Å². The predicted molar refractivity (Wildman–Crippen MR) is 48.8 cm³/mol. The average molecular weight is 247 g/mol. The van der Waals surface area contributed by atoms with E-state index in [1.54, 1.807) is 0 Å². The van der Waals surface area contributed by atoms with Gasteiger partial charge in [-0.15, -0.1) is 10.0 Å². The molecule has 0 unspecified atom stereocenters. The first kappa shape index (κ1) is 13.0. The second-order valence-electron chi connectivity index (χ2n) is 2.17. The van der Waals surface area contributed by atoms with Crippen molar-refractivity contribution >= 4 is 23.2 Å². The van der Waals surface area contributed by atoms with E-state index in [0.29, 0.717) is 10.0 Å². The molecule has 0 heterocycles. The molecule has 0 atom stereocenters. The van der Waals surface area contributed by atoms with Crippen LogP contribution in [0.3, 0.4) is 0 Å². The zero-order valence-corrected chi connectivity index (χ0v) is 8.52. The van der Waals surface area contributed by atoms with Gasteiger partial charge >= 0.3 is 0 Å². The highest BCUT2D eigenvalue weighted by atomic mass is 35.5. The van der Waals surface area contributed by atoms with Gasteiger partial charge < -0.3 is 0 Å². The van der Waals surface area contributed by atoms with Crippen LogP contribution in [0.2, 0.25) is 0 Å². The number of alkyl halides is 2. The van der Waals surface area contributed by atoms with Crippen molar-refractivity contribution < 1.29 is 10.1 Å². The van der Waals surface area contributed by atoms with Crippen LogP contribution in [0, 0.1) is 20.2 Å². The van der Waals surface area contributed by atoms with E-state index < -0.39 is 10.1 Å². The van der Waals surface area contributed by atoms with E-state index in [-0.39, 0.29) is 25.1 Å². The zero-order chi connectivity index (χ0) is 11.1. The molecule has 8 nitrogen and oxygen atoms in total. The summed E-state index contributed by atoms with van der Waals surface area (Å²) in [6.45, 7) is -0.325. The first-order valence-corrected chi connectivity index (χ1v) is 4.50. The summed E-state index contributed by atoms with van der Waals surface area (Å²) in [5.74, 6) is 0. The Kier molecular flexibility index (Phi) is 5.97. The molecular formula is C4H8Cl2N4O4. The molecule has 0 rings (SSSR count). The zero-order valence-electron chi connectivity index (χ0n) is 7.01. The van der Waals surface area contributed by atoms with Crippen molar-refractivity contribution in [3.63, 3.8) is 0 Å². The molecule has 0 aromatic rings. The summed E-state index contributed by atoms with van der Waals surface area (Å²) >= 11 is 10.5. The van der Waals surface area contributed by atoms with Crippen molar-refractivity contribution in [2.45, 2.75) is 0 Å². The highest BCUT2D eigenvalue weighted by Crippen LogP contribution is 1.96. The minimum Gasteiger partial charge on any atom is -0.235 e. The molecule has 82 valence electrons. The maximum atomic E-state index is 10.2. The molecule has 0 saturated heterocycles. The third-order valence-electron chi connectivity index (χ3n) is 1.35. The Bertz CT molecular complexity index is 194. The topological polar surface area (TPSA) is 92.8 Å². The number of hydrogen-bond acceptors (Lipinski definition) is 4. The standard InChI is InChI=1S/C4H8Cl2N4O4/c5-3-7(9(11)12)1-2-8(4-6)10(13)14/h1-4H2. The maximum Gasteiger partial charge on any atom is 0.161 e. The largest absolute Gasteiger partial charge is 0.235 e. The third kappa shape index (κ3) is 4.28. The molecule has 0 aliphatic rings. The molecule has 0 saturated carbocycles. The van der Waals surface area contributed by atoms with E-state index in [4.69, 9.17) is 23.2 Å². The molecule has 10 heteroatoms. The fourth-order valence-corrected chi connectivity index (χ4v) is 1.01. The van der Waals surface area contributed by atoms with Gasteiger partial charge in [0.25, 0.3) is 0 Å². The lowest BCUT2D eigenvalue weighted by Gasteiger charge is -2.14. The molecule has 0 aromatic heterocycles. The fourth-order valence-electron chi connectivity index (χ4n) is 0.601. The van der Waals surface area contributed by atoms with Crippen LogP contribution in [0.4, 0.5) is 0 Å². The number of hydrazine groups is 2. The second-order valence-corrected chi connectivity index (χ2v) is 2.65. The van der Waals surface area contributed by atoms with Crippen LogP contribution < -0.4 is 0 Å². The van der Waals surface area contributed by atoms with Gasteiger partial charge in [0.15, 0.2) is 22.1 Å². The van der Waals surface area contributed by atoms with Crippen LogP contribution in [0.5, 0.6) is 0 Å². The minimum atomic E-state index is -0.723. The van der Waals surface area contributed by atoms with Gasteiger partial charge in [0.2, 0.25) is 0 Å². The first-order valence-electron chi connectivity index (χ1n) is 3.43.